The van der Waals surface area contributed by atoms with Gasteiger partial charge in [0.25, 0.3) is 5.56 Å². The van der Waals surface area contributed by atoms with E-state index >= 15 is 0 Å². The highest BCUT2D eigenvalue weighted by atomic mass is 32.2. The molecule has 5 rings (SSSR count). The summed E-state index contributed by atoms with van der Waals surface area (Å²) in [4.78, 5) is 32.5. The van der Waals surface area contributed by atoms with Gasteiger partial charge < -0.3 is 4.90 Å². The second-order valence-electron chi connectivity index (χ2n) is 7.60. The number of aromatic nitrogens is 4. The van der Waals surface area contributed by atoms with Crippen molar-refractivity contribution in [1.29, 1.82) is 0 Å². The average molecular weight is 432 g/mol. The lowest BCUT2D eigenvalue weighted by Crippen LogP contribution is -2.31. The standard InChI is InChI=1S/C23H21N5O2S/c1-26(14-16-8-4-2-5-9-16)20(29)12-18-15-31-23-25-21-19(22(30)27(18)23)13-24-28(21)17-10-6-3-7-11-17/h2-11,13,18H,12,14-15H2,1H3. The maximum Gasteiger partial charge on any atom is 0.265 e. The zero-order chi connectivity index (χ0) is 21.4. The summed E-state index contributed by atoms with van der Waals surface area (Å²) >= 11 is 1.51. The van der Waals surface area contributed by atoms with Gasteiger partial charge in [0, 0.05) is 25.8 Å². The molecule has 8 heteroatoms. The molecular formula is C23H21N5O2S. The van der Waals surface area contributed by atoms with Gasteiger partial charge in [0.2, 0.25) is 5.91 Å². The molecule has 31 heavy (non-hydrogen) atoms. The zero-order valence-electron chi connectivity index (χ0n) is 17.0. The van der Waals surface area contributed by atoms with E-state index in [1.165, 1.54) is 11.8 Å². The van der Waals surface area contributed by atoms with Crippen molar-refractivity contribution >= 4 is 28.7 Å². The highest BCUT2D eigenvalue weighted by Gasteiger charge is 2.30. The van der Waals surface area contributed by atoms with Crippen molar-refractivity contribution in [2.45, 2.75) is 24.2 Å². The number of nitrogens with zero attached hydrogens (tertiary/aromatic N) is 5. The second kappa shape index (κ2) is 8.03. The molecule has 0 radical (unpaired) electrons. The number of hydrogen-bond acceptors (Lipinski definition) is 5. The SMILES string of the molecule is CN(Cc1ccccc1)C(=O)CC1CSc2nc3c(cnn3-c3ccccc3)c(=O)n21. The first-order chi connectivity index (χ1) is 15.1. The highest BCUT2D eigenvalue weighted by molar-refractivity contribution is 7.99. The van der Waals surface area contributed by atoms with Gasteiger partial charge in [-0.2, -0.15) is 5.10 Å². The Morgan fingerprint density at radius 3 is 2.58 bits per heavy atom. The first-order valence-electron chi connectivity index (χ1n) is 10.1. The molecule has 1 aliphatic rings. The van der Waals surface area contributed by atoms with Crippen molar-refractivity contribution in [3.05, 3.63) is 82.8 Å². The average Bonchev–Trinajstić information content (AvgIpc) is 3.40. The second-order valence-corrected chi connectivity index (χ2v) is 8.59. The lowest BCUT2D eigenvalue weighted by molar-refractivity contribution is -0.131. The van der Waals surface area contributed by atoms with Gasteiger partial charge in [-0.15, -0.1) is 0 Å². The van der Waals surface area contributed by atoms with Gasteiger partial charge in [-0.05, 0) is 17.7 Å². The summed E-state index contributed by atoms with van der Waals surface area (Å²) in [7, 11) is 1.80. The molecule has 0 N–H and O–H groups in total. The van der Waals surface area contributed by atoms with Crippen LogP contribution < -0.4 is 5.56 Å². The molecule has 0 saturated carbocycles. The molecule has 3 heterocycles. The molecule has 0 fully saturated rings. The summed E-state index contributed by atoms with van der Waals surface area (Å²) in [5, 5.41) is 5.49. The van der Waals surface area contributed by atoms with Crippen molar-refractivity contribution in [2.75, 3.05) is 12.8 Å². The Kier molecular flexibility index (Phi) is 5.07. The van der Waals surface area contributed by atoms with Crippen LogP contribution in [0.1, 0.15) is 18.0 Å². The van der Waals surface area contributed by atoms with E-state index in [4.69, 9.17) is 4.98 Å². The minimum absolute atomic E-state index is 0.00859. The Labute approximate surface area is 183 Å². The number of carbonyl (C=O) groups is 1. The van der Waals surface area contributed by atoms with Gasteiger partial charge in [0.15, 0.2) is 10.8 Å². The molecule has 2 aromatic carbocycles. The lowest BCUT2D eigenvalue weighted by Gasteiger charge is -2.20. The minimum Gasteiger partial charge on any atom is -0.341 e. The van der Waals surface area contributed by atoms with Crippen molar-refractivity contribution < 1.29 is 4.79 Å². The minimum atomic E-state index is -0.213. The Balaban J connectivity index is 1.41. The molecule has 1 atom stereocenters. The smallest absolute Gasteiger partial charge is 0.265 e. The van der Waals surface area contributed by atoms with Gasteiger partial charge in [0.1, 0.15) is 5.39 Å². The molecule has 0 spiro atoms. The number of benzene rings is 2. The molecule has 7 nitrogen and oxygen atoms in total. The number of carbonyl (C=O) groups excluding carboxylic acids is 1. The molecule has 1 aliphatic heterocycles. The number of amides is 1. The summed E-state index contributed by atoms with van der Waals surface area (Å²) in [5.74, 6) is 0.660. The van der Waals surface area contributed by atoms with Gasteiger partial charge in [-0.25, -0.2) is 9.67 Å². The van der Waals surface area contributed by atoms with E-state index in [-0.39, 0.29) is 23.9 Å². The number of rotatable bonds is 5. The van der Waals surface area contributed by atoms with Crippen LogP contribution in [0.5, 0.6) is 0 Å². The Morgan fingerprint density at radius 2 is 1.84 bits per heavy atom. The molecule has 1 unspecified atom stereocenters. The lowest BCUT2D eigenvalue weighted by atomic mass is 10.1. The highest BCUT2D eigenvalue weighted by Crippen LogP contribution is 2.33. The predicted molar refractivity (Wildman–Crippen MR) is 120 cm³/mol. The summed E-state index contributed by atoms with van der Waals surface area (Å²) in [5.41, 5.74) is 2.33. The molecule has 4 aromatic rings. The number of para-hydroxylation sites is 1. The van der Waals surface area contributed by atoms with Crippen molar-refractivity contribution in [3.63, 3.8) is 0 Å². The van der Waals surface area contributed by atoms with Crippen LogP contribution in [0, 0.1) is 0 Å². The van der Waals surface area contributed by atoms with Crippen molar-refractivity contribution in [1.82, 2.24) is 24.2 Å². The van der Waals surface area contributed by atoms with E-state index in [1.807, 2.05) is 60.7 Å². The molecule has 1 amide bonds. The first kappa shape index (κ1) is 19.6. The van der Waals surface area contributed by atoms with E-state index in [9.17, 15) is 9.59 Å². The molecule has 0 saturated heterocycles. The normalized spacial score (nSPS) is 15.2. The van der Waals surface area contributed by atoms with Crippen molar-refractivity contribution in [2.24, 2.45) is 0 Å². The van der Waals surface area contributed by atoms with E-state index in [1.54, 1.807) is 27.4 Å². The molecule has 0 aliphatic carbocycles. The van der Waals surface area contributed by atoms with Crippen molar-refractivity contribution in [3.8, 4) is 5.69 Å². The first-order valence-corrected chi connectivity index (χ1v) is 11.1. The van der Waals surface area contributed by atoms with E-state index in [2.05, 4.69) is 5.10 Å². The fourth-order valence-corrected chi connectivity index (χ4v) is 4.97. The maximum atomic E-state index is 13.2. The van der Waals surface area contributed by atoms with E-state index in [0.717, 1.165) is 11.3 Å². The van der Waals surface area contributed by atoms with Crippen LogP contribution in [-0.4, -0.2) is 42.9 Å². The van der Waals surface area contributed by atoms with Crippen LogP contribution in [0.25, 0.3) is 16.7 Å². The topological polar surface area (TPSA) is 73.0 Å². The third kappa shape index (κ3) is 3.63. The van der Waals surface area contributed by atoms with E-state index in [0.29, 0.717) is 28.5 Å². The largest absolute Gasteiger partial charge is 0.341 e. The number of hydrogen-bond donors (Lipinski definition) is 0. The van der Waals surface area contributed by atoms with Gasteiger partial charge in [0.05, 0.1) is 17.9 Å². The van der Waals surface area contributed by atoms with Gasteiger partial charge in [-0.1, -0.05) is 60.3 Å². The van der Waals surface area contributed by atoms with Crippen LogP contribution in [0.4, 0.5) is 0 Å². The monoisotopic (exact) mass is 431 g/mol. The Bertz CT molecular complexity index is 1300. The predicted octanol–water partition coefficient (Wildman–Crippen LogP) is 3.28. The third-order valence-electron chi connectivity index (χ3n) is 5.47. The van der Waals surface area contributed by atoms with Crippen LogP contribution in [0.3, 0.4) is 0 Å². The van der Waals surface area contributed by atoms with Crippen LogP contribution in [-0.2, 0) is 11.3 Å². The molecule has 2 aromatic heterocycles. The summed E-state index contributed by atoms with van der Waals surface area (Å²) in [6.45, 7) is 0.544. The fraction of sp³-hybridized carbons (Fsp3) is 0.217. The van der Waals surface area contributed by atoms with E-state index < -0.39 is 0 Å². The number of fused-ring (bicyclic) bond motifs is 2. The van der Waals surface area contributed by atoms with Crippen LogP contribution in [0.15, 0.2) is 76.8 Å². The van der Waals surface area contributed by atoms with Crippen LogP contribution in [0.2, 0.25) is 0 Å². The molecule has 156 valence electrons. The molecular weight excluding hydrogens is 410 g/mol. The Morgan fingerprint density at radius 1 is 1.13 bits per heavy atom. The Hall–Kier alpha value is -3.39. The molecule has 0 bridgehead atoms. The van der Waals surface area contributed by atoms with Crippen LogP contribution >= 0.6 is 11.8 Å². The van der Waals surface area contributed by atoms with Gasteiger partial charge in [-0.3, -0.25) is 14.2 Å². The maximum absolute atomic E-state index is 13.2. The summed E-state index contributed by atoms with van der Waals surface area (Å²) in [6, 6.07) is 19.3. The number of thioether (sulfide) groups is 1. The van der Waals surface area contributed by atoms with Gasteiger partial charge >= 0.3 is 0 Å². The summed E-state index contributed by atoms with van der Waals surface area (Å²) < 4.78 is 3.35. The fourth-order valence-electron chi connectivity index (χ4n) is 3.84. The third-order valence-corrected chi connectivity index (χ3v) is 6.57. The zero-order valence-corrected chi connectivity index (χ0v) is 17.8. The quantitative estimate of drug-likeness (QED) is 0.454. The summed E-state index contributed by atoms with van der Waals surface area (Å²) in [6.07, 6.45) is 1.83.